The Morgan fingerprint density at radius 2 is 2.00 bits per heavy atom. The van der Waals surface area contributed by atoms with E-state index in [0.717, 1.165) is 12.8 Å². The van der Waals surface area contributed by atoms with Gasteiger partial charge in [-0.05, 0) is 37.7 Å². The van der Waals surface area contributed by atoms with Crippen molar-refractivity contribution in [3.8, 4) is 0 Å². The first-order chi connectivity index (χ1) is 6.89. The summed E-state index contributed by atoms with van der Waals surface area (Å²) in [4.78, 5) is 0. The largest absolute Gasteiger partial charge is 0.393 e. The highest BCUT2D eigenvalue weighted by Crippen LogP contribution is 2.27. The third kappa shape index (κ3) is 4.48. The van der Waals surface area contributed by atoms with Crippen LogP contribution in [0.3, 0.4) is 0 Å². The minimum absolute atomic E-state index is 0.169. The Morgan fingerprint density at radius 3 is 2.53 bits per heavy atom. The van der Waals surface area contributed by atoms with Gasteiger partial charge in [-0.25, -0.2) is 0 Å². The van der Waals surface area contributed by atoms with Gasteiger partial charge in [0, 0.05) is 0 Å². The molecule has 1 unspecified atom stereocenters. The van der Waals surface area contributed by atoms with Gasteiger partial charge >= 0.3 is 0 Å². The first-order valence-electron chi connectivity index (χ1n) is 5.63. The van der Waals surface area contributed by atoms with Gasteiger partial charge in [0.05, 0.1) is 6.10 Å². The molecule has 0 aliphatic rings. The number of hydrogen-bond donors (Lipinski definition) is 1. The molecule has 1 aromatic rings. The van der Waals surface area contributed by atoms with Crippen molar-refractivity contribution >= 4 is 0 Å². The van der Waals surface area contributed by atoms with Gasteiger partial charge in [-0.2, -0.15) is 0 Å². The number of rotatable bonds is 4. The molecule has 0 spiro atoms. The van der Waals surface area contributed by atoms with Crippen molar-refractivity contribution in [1.82, 2.24) is 0 Å². The second-order valence-electron chi connectivity index (χ2n) is 5.38. The van der Waals surface area contributed by atoms with Crippen LogP contribution in [0, 0.1) is 12.3 Å². The summed E-state index contributed by atoms with van der Waals surface area (Å²) in [6, 6.07) is 8.61. The maximum absolute atomic E-state index is 9.42. The van der Waals surface area contributed by atoms with Crippen LogP contribution in [0.25, 0.3) is 0 Å². The van der Waals surface area contributed by atoms with Gasteiger partial charge in [-0.15, -0.1) is 0 Å². The summed E-state index contributed by atoms with van der Waals surface area (Å²) in [6.45, 7) is 8.40. The number of hydrogen-bond acceptors (Lipinski definition) is 1. The molecule has 84 valence electrons. The van der Waals surface area contributed by atoms with Gasteiger partial charge in [0.15, 0.2) is 0 Å². The monoisotopic (exact) mass is 206 g/mol. The maximum atomic E-state index is 9.42. The molecule has 0 saturated carbocycles. The van der Waals surface area contributed by atoms with Crippen LogP contribution in [0.2, 0.25) is 0 Å². The zero-order valence-corrected chi connectivity index (χ0v) is 10.2. The molecule has 0 aromatic heterocycles. The van der Waals surface area contributed by atoms with E-state index in [1.165, 1.54) is 11.1 Å². The smallest absolute Gasteiger partial charge is 0.0517 e. The highest BCUT2D eigenvalue weighted by molar-refractivity contribution is 5.23. The van der Waals surface area contributed by atoms with E-state index in [0.29, 0.717) is 0 Å². The summed E-state index contributed by atoms with van der Waals surface area (Å²) in [5.41, 5.74) is 2.84. The van der Waals surface area contributed by atoms with E-state index < -0.39 is 0 Å². The fourth-order valence-corrected chi connectivity index (χ4v) is 2.25. The highest BCUT2D eigenvalue weighted by Gasteiger charge is 2.20. The third-order valence-electron chi connectivity index (χ3n) is 2.61. The van der Waals surface area contributed by atoms with Crippen molar-refractivity contribution in [3.63, 3.8) is 0 Å². The molecule has 0 saturated heterocycles. The first-order valence-corrected chi connectivity index (χ1v) is 5.63. The predicted molar refractivity (Wildman–Crippen MR) is 65.0 cm³/mol. The van der Waals surface area contributed by atoms with Crippen LogP contribution < -0.4 is 0 Å². The molecule has 0 amide bonds. The Morgan fingerprint density at radius 1 is 1.33 bits per heavy atom. The van der Waals surface area contributed by atoms with E-state index in [-0.39, 0.29) is 11.5 Å². The van der Waals surface area contributed by atoms with Gasteiger partial charge < -0.3 is 5.11 Å². The van der Waals surface area contributed by atoms with E-state index in [4.69, 9.17) is 0 Å². The van der Waals surface area contributed by atoms with Crippen molar-refractivity contribution in [1.29, 1.82) is 0 Å². The van der Waals surface area contributed by atoms with Crippen LogP contribution in [0.4, 0.5) is 0 Å². The highest BCUT2D eigenvalue weighted by atomic mass is 16.3. The first kappa shape index (κ1) is 12.3. The molecule has 0 fully saturated rings. The second-order valence-corrected chi connectivity index (χ2v) is 5.38. The van der Waals surface area contributed by atoms with Crippen LogP contribution in [-0.4, -0.2) is 11.2 Å². The molecule has 15 heavy (non-hydrogen) atoms. The maximum Gasteiger partial charge on any atom is 0.0517 e. The SMILES string of the molecule is Cc1cccc(CC(C)(C)CC(C)O)c1. The van der Waals surface area contributed by atoms with Gasteiger partial charge in [-0.1, -0.05) is 43.7 Å². The van der Waals surface area contributed by atoms with Crippen molar-refractivity contribution in [2.75, 3.05) is 0 Å². The number of aryl methyl sites for hydroxylation is 1. The van der Waals surface area contributed by atoms with Gasteiger partial charge in [-0.3, -0.25) is 0 Å². The fourth-order valence-electron chi connectivity index (χ4n) is 2.25. The van der Waals surface area contributed by atoms with Crippen LogP contribution >= 0.6 is 0 Å². The van der Waals surface area contributed by atoms with Crippen molar-refractivity contribution in [3.05, 3.63) is 35.4 Å². The standard InChI is InChI=1S/C14H22O/c1-11-6-5-7-13(8-11)10-14(3,4)9-12(2)15/h5-8,12,15H,9-10H2,1-4H3. The van der Waals surface area contributed by atoms with Crippen LogP contribution in [-0.2, 0) is 6.42 Å². The lowest BCUT2D eigenvalue weighted by molar-refractivity contribution is 0.129. The fraction of sp³-hybridized carbons (Fsp3) is 0.571. The lowest BCUT2D eigenvalue weighted by atomic mass is 9.81. The van der Waals surface area contributed by atoms with E-state index in [2.05, 4.69) is 45.0 Å². The predicted octanol–water partition coefficient (Wildman–Crippen LogP) is 3.33. The molecule has 1 aromatic carbocycles. The molecule has 1 nitrogen and oxygen atoms in total. The third-order valence-corrected chi connectivity index (χ3v) is 2.61. The summed E-state index contributed by atoms with van der Waals surface area (Å²) >= 11 is 0. The Hall–Kier alpha value is -0.820. The molecule has 0 aliphatic heterocycles. The average Bonchev–Trinajstić information content (AvgIpc) is 1.99. The Bertz CT molecular complexity index is 313. The average molecular weight is 206 g/mol. The van der Waals surface area contributed by atoms with E-state index >= 15 is 0 Å². The van der Waals surface area contributed by atoms with Crippen LogP contribution in [0.15, 0.2) is 24.3 Å². The van der Waals surface area contributed by atoms with Crippen LogP contribution in [0.5, 0.6) is 0 Å². The minimum atomic E-state index is -0.218. The zero-order chi connectivity index (χ0) is 11.5. The summed E-state index contributed by atoms with van der Waals surface area (Å²) in [5.74, 6) is 0. The second kappa shape index (κ2) is 4.80. The summed E-state index contributed by atoms with van der Waals surface area (Å²) in [7, 11) is 0. The molecule has 1 heteroatoms. The number of aliphatic hydroxyl groups is 1. The van der Waals surface area contributed by atoms with Gasteiger partial charge in [0.25, 0.3) is 0 Å². The minimum Gasteiger partial charge on any atom is -0.393 e. The van der Waals surface area contributed by atoms with Crippen LogP contribution in [0.1, 0.15) is 38.3 Å². The Labute approximate surface area is 93.1 Å². The molecular weight excluding hydrogens is 184 g/mol. The molecule has 1 rings (SSSR count). The number of benzene rings is 1. The number of aliphatic hydroxyl groups excluding tert-OH is 1. The molecule has 1 N–H and O–H groups in total. The molecule has 0 heterocycles. The molecule has 0 aliphatic carbocycles. The molecule has 0 bridgehead atoms. The Balaban J connectivity index is 2.68. The molecule has 0 radical (unpaired) electrons. The summed E-state index contributed by atoms with van der Waals surface area (Å²) in [5, 5.41) is 9.42. The summed E-state index contributed by atoms with van der Waals surface area (Å²) in [6.07, 6.45) is 1.66. The molecule has 1 atom stereocenters. The quantitative estimate of drug-likeness (QED) is 0.801. The lowest BCUT2D eigenvalue weighted by Gasteiger charge is -2.26. The van der Waals surface area contributed by atoms with Gasteiger partial charge in [0.2, 0.25) is 0 Å². The van der Waals surface area contributed by atoms with E-state index in [1.54, 1.807) is 0 Å². The topological polar surface area (TPSA) is 20.2 Å². The normalized spacial score (nSPS) is 13.9. The van der Waals surface area contributed by atoms with Crippen molar-refractivity contribution in [2.24, 2.45) is 5.41 Å². The van der Waals surface area contributed by atoms with Gasteiger partial charge in [0.1, 0.15) is 0 Å². The van der Waals surface area contributed by atoms with E-state index in [1.807, 2.05) is 6.92 Å². The van der Waals surface area contributed by atoms with Crippen molar-refractivity contribution in [2.45, 2.75) is 46.6 Å². The Kier molecular flexibility index (Phi) is 3.92. The summed E-state index contributed by atoms with van der Waals surface area (Å²) < 4.78 is 0. The zero-order valence-electron chi connectivity index (χ0n) is 10.2. The van der Waals surface area contributed by atoms with E-state index in [9.17, 15) is 5.11 Å². The molecular formula is C14H22O. The lowest BCUT2D eigenvalue weighted by Crippen LogP contribution is -2.21. The van der Waals surface area contributed by atoms with Crippen molar-refractivity contribution < 1.29 is 5.11 Å².